The lowest BCUT2D eigenvalue weighted by Gasteiger charge is -2.13. The average Bonchev–Trinajstić information content (AvgIpc) is 2.90. The molecule has 1 aromatic heterocycles. The summed E-state index contributed by atoms with van der Waals surface area (Å²) < 4.78 is 35.9. The largest absolute Gasteiger partial charge is 0.490 e. The highest BCUT2D eigenvalue weighted by molar-refractivity contribution is 5.94. The maximum atomic E-state index is 12.4. The molecule has 9 nitrogen and oxygen atoms in total. The first-order valence-electron chi connectivity index (χ1n) is 8.42. The zero-order valence-corrected chi connectivity index (χ0v) is 15.6. The molecule has 1 amide bonds. The van der Waals surface area contributed by atoms with Gasteiger partial charge >= 0.3 is 12.3 Å². The van der Waals surface area contributed by atoms with Crippen LogP contribution in [-0.4, -0.2) is 40.4 Å². The van der Waals surface area contributed by atoms with Gasteiger partial charge in [0.1, 0.15) is 11.4 Å². The summed E-state index contributed by atoms with van der Waals surface area (Å²) in [7, 11) is 0. The Kier molecular flexibility index (Phi) is 6.85. The second-order valence-corrected chi connectivity index (χ2v) is 5.73. The zero-order chi connectivity index (χ0) is 20.8. The SMILES string of the molecule is CCOc1cc(C(=O)NCCn2nc(C)c([N+](=O)[O-])c2C)ccc1OC(F)F. The number of rotatable bonds is 9. The Hall–Kier alpha value is -3.24. The van der Waals surface area contributed by atoms with E-state index in [4.69, 9.17) is 4.74 Å². The molecular formula is C17H20F2N4O5. The third-order valence-corrected chi connectivity index (χ3v) is 3.86. The molecule has 152 valence electrons. The summed E-state index contributed by atoms with van der Waals surface area (Å²) in [5.74, 6) is -0.589. The lowest BCUT2D eigenvalue weighted by atomic mass is 10.2. The predicted molar refractivity (Wildman–Crippen MR) is 94.9 cm³/mol. The van der Waals surface area contributed by atoms with Crippen LogP contribution < -0.4 is 14.8 Å². The molecule has 0 unspecified atom stereocenters. The molecule has 0 aliphatic rings. The van der Waals surface area contributed by atoms with E-state index in [0.717, 1.165) is 0 Å². The van der Waals surface area contributed by atoms with Crippen LogP contribution in [0.4, 0.5) is 14.5 Å². The van der Waals surface area contributed by atoms with Crippen LogP contribution in [0.3, 0.4) is 0 Å². The molecule has 1 N–H and O–H groups in total. The van der Waals surface area contributed by atoms with Gasteiger partial charge in [0, 0.05) is 12.1 Å². The number of hydrogen-bond donors (Lipinski definition) is 1. The van der Waals surface area contributed by atoms with Crippen LogP contribution in [0.1, 0.15) is 28.7 Å². The van der Waals surface area contributed by atoms with Crippen molar-refractivity contribution in [3.05, 3.63) is 45.3 Å². The van der Waals surface area contributed by atoms with Gasteiger partial charge in [0.2, 0.25) is 0 Å². The fraction of sp³-hybridized carbons (Fsp3) is 0.412. The quantitative estimate of drug-likeness (QED) is 0.514. The van der Waals surface area contributed by atoms with Crippen molar-refractivity contribution in [3.8, 4) is 11.5 Å². The first kappa shape index (κ1) is 21.1. The number of nitrogens with zero attached hydrogens (tertiary/aromatic N) is 3. The molecular weight excluding hydrogens is 378 g/mol. The summed E-state index contributed by atoms with van der Waals surface area (Å²) in [6.07, 6.45) is 0. The van der Waals surface area contributed by atoms with Gasteiger partial charge in [-0.3, -0.25) is 19.6 Å². The van der Waals surface area contributed by atoms with E-state index in [-0.39, 0.29) is 42.4 Å². The Morgan fingerprint density at radius 1 is 1.36 bits per heavy atom. The Bertz CT molecular complexity index is 869. The lowest BCUT2D eigenvalue weighted by Crippen LogP contribution is -2.27. The van der Waals surface area contributed by atoms with Crippen molar-refractivity contribution in [2.45, 2.75) is 33.9 Å². The molecule has 1 heterocycles. The Morgan fingerprint density at radius 3 is 2.64 bits per heavy atom. The van der Waals surface area contributed by atoms with Gasteiger partial charge in [0.15, 0.2) is 11.5 Å². The van der Waals surface area contributed by atoms with Gasteiger partial charge in [-0.15, -0.1) is 0 Å². The molecule has 0 bridgehead atoms. The molecule has 1 aromatic carbocycles. The molecule has 0 aliphatic carbocycles. The minimum Gasteiger partial charge on any atom is -0.490 e. The van der Waals surface area contributed by atoms with E-state index in [0.29, 0.717) is 11.4 Å². The van der Waals surface area contributed by atoms with Gasteiger partial charge in [-0.2, -0.15) is 13.9 Å². The van der Waals surface area contributed by atoms with Crippen molar-refractivity contribution in [2.75, 3.05) is 13.2 Å². The fourth-order valence-corrected chi connectivity index (χ4v) is 2.66. The third-order valence-electron chi connectivity index (χ3n) is 3.86. The summed E-state index contributed by atoms with van der Waals surface area (Å²) in [5.41, 5.74) is 0.834. The molecule has 2 rings (SSSR count). The molecule has 0 radical (unpaired) electrons. The minimum atomic E-state index is -3.01. The van der Waals surface area contributed by atoms with Crippen LogP contribution >= 0.6 is 0 Å². The fourth-order valence-electron chi connectivity index (χ4n) is 2.66. The number of carbonyl (C=O) groups is 1. The number of ether oxygens (including phenoxy) is 2. The molecule has 28 heavy (non-hydrogen) atoms. The summed E-state index contributed by atoms with van der Waals surface area (Å²) in [6, 6.07) is 3.88. The third kappa shape index (κ3) is 4.93. The number of aryl methyl sites for hydroxylation is 1. The predicted octanol–water partition coefficient (Wildman–Crippen LogP) is 2.84. The maximum absolute atomic E-state index is 12.4. The molecule has 0 fully saturated rings. The van der Waals surface area contributed by atoms with Crippen LogP contribution in [0.25, 0.3) is 0 Å². The van der Waals surface area contributed by atoms with Crippen LogP contribution in [0.2, 0.25) is 0 Å². The molecule has 0 saturated heterocycles. The van der Waals surface area contributed by atoms with E-state index < -0.39 is 17.4 Å². The number of aromatic nitrogens is 2. The van der Waals surface area contributed by atoms with E-state index in [9.17, 15) is 23.7 Å². The Labute approximate surface area is 159 Å². The van der Waals surface area contributed by atoms with Gasteiger partial charge < -0.3 is 14.8 Å². The van der Waals surface area contributed by atoms with E-state index in [2.05, 4.69) is 15.2 Å². The number of nitro groups is 1. The van der Waals surface area contributed by atoms with Crippen molar-refractivity contribution in [1.29, 1.82) is 0 Å². The zero-order valence-electron chi connectivity index (χ0n) is 15.6. The van der Waals surface area contributed by atoms with Crippen LogP contribution in [-0.2, 0) is 6.54 Å². The number of carbonyl (C=O) groups excluding carboxylic acids is 1. The van der Waals surface area contributed by atoms with Gasteiger partial charge in [0.05, 0.1) is 18.1 Å². The number of alkyl halides is 2. The van der Waals surface area contributed by atoms with E-state index in [1.807, 2.05) is 0 Å². The van der Waals surface area contributed by atoms with Gasteiger partial charge in [0.25, 0.3) is 5.91 Å². The average molecular weight is 398 g/mol. The summed E-state index contributed by atoms with van der Waals surface area (Å²) in [5, 5.41) is 17.8. The normalized spacial score (nSPS) is 10.8. The van der Waals surface area contributed by atoms with Gasteiger partial charge in [-0.1, -0.05) is 0 Å². The van der Waals surface area contributed by atoms with Gasteiger partial charge in [-0.05, 0) is 39.0 Å². The summed E-state index contributed by atoms with van der Waals surface area (Å²) in [6.45, 7) is 2.39. The second-order valence-electron chi connectivity index (χ2n) is 5.73. The van der Waals surface area contributed by atoms with Crippen molar-refractivity contribution >= 4 is 11.6 Å². The topological polar surface area (TPSA) is 109 Å². The van der Waals surface area contributed by atoms with E-state index in [1.165, 1.54) is 22.9 Å². The summed E-state index contributed by atoms with van der Waals surface area (Å²) >= 11 is 0. The molecule has 0 aliphatic heterocycles. The highest BCUT2D eigenvalue weighted by atomic mass is 19.3. The van der Waals surface area contributed by atoms with Crippen LogP contribution in [0.15, 0.2) is 18.2 Å². The first-order valence-corrected chi connectivity index (χ1v) is 8.42. The Balaban J connectivity index is 2.04. The number of nitrogens with one attached hydrogen (secondary N) is 1. The summed E-state index contributed by atoms with van der Waals surface area (Å²) in [4.78, 5) is 22.8. The first-order chi connectivity index (χ1) is 13.2. The van der Waals surface area contributed by atoms with Gasteiger partial charge in [-0.25, -0.2) is 0 Å². The molecule has 2 aromatic rings. The lowest BCUT2D eigenvalue weighted by molar-refractivity contribution is -0.386. The van der Waals surface area contributed by atoms with E-state index in [1.54, 1.807) is 20.8 Å². The molecule has 11 heteroatoms. The molecule has 0 saturated carbocycles. The Morgan fingerprint density at radius 2 is 2.07 bits per heavy atom. The molecule has 0 spiro atoms. The highest BCUT2D eigenvalue weighted by Crippen LogP contribution is 2.30. The second kappa shape index (κ2) is 9.11. The van der Waals surface area contributed by atoms with Crippen molar-refractivity contribution in [3.63, 3.8) is 0 Å². The maximum Gasteiger partial charge on any atom is 0.387 e. The number of amides is 1. The van der Waals surface area contributed by atoms with E-state index >= 15 is 0 Å². The highest BCUT2D eigenvalue weighted by Gasteiger charge is 2.21. The number of halogens is 2. The standard InChI is InChI=1S/C17H20F2N4O5/c1-4-27-14-9-12(5-6-13(14)28-17(18)19)16(24)20-7-8-22-11(3)15(23(25)26)10(2)21-22/h5-6,9,17H,4,7-8H2,1-3H3,(H,20,24). The number of benzene rings is 1. The van der Waals surface area contributed by atoms with Crippen molar-refractivity contribution in [2.24, 2.45) is 0 Å². The monoisotopic (exact) mass is 398 g/mol. The number of hydrogen-bond acceptors (Lipinski definition) is 6. The smallest absolute Gasteiger partial charge is 0.387 e. The van der Waals surface area contributed by atoms with Crippen molar-refractivity contribution < 1.29 is 28.0 Å². The van der Waals surface area contributed by atoms with Crippen molar-refractivity contribution in [1.82, 2.24) is 15.1 Å². The molecule has 0 atom stereocenters. The van der Waals surface area contributed by atoms with Crippen LogP contribution in [0, 0.1) is 24.0 Å². The minimum absolute atomic E-state index is 0.0321. The van der Waals surface area contributed by atoms with Crippen LogP contribution in [0.5, 0.6) is 11.5 Å².